The molecule has 2 N–H and O–H groups in total. The molecular weight excluding hydrogens is 226 g/mol. The van der Waals surface area contributed by atoms with Gasteiger partial charge in [0.2, 0.25) is 0 Å². The lowest BCUT2D eigenvalue weighted by atomic mass is 9.86. The molecule has 1 aromatic carbocycles. The van der Waals surface area contributed by atoms with Crippen LogP contribution in [0.5, 0.6) is 0 Å². The van der Waals surface area contributed by atoms with Gasteiger partial charge in [-0.3, -0.25) is 4.79 Å². The van der Waals surface area contributed by atoms with Gasteiger partial charge in [0.15, 0.2) is 0 Å². The van der Waals surface area contributed by atoms with E-state index in [9.17, 15) is 4.79 Å². The SMILES string of the molecule is Cc1ccc(C)c(NC2CCC(C(=O)O)CC2)c1. The van der Waals surface area contributed by atoms with Crippen molar-refractivity contribution in [3.63, 3.8) is 0 Å². The number of aliphatic carboxylic acids is 1. The first kappa shape index (κ1) is 12.9. The van der Waals surface area contributed by atoms with Crippen LogP contribution in [-0.2, 0) is 4.79 Å². The maximum atomic E-state index is 10.9. The third-order valence-electron chi connectivity index (χ3n) is 3.83. The van der Waals surface area contributed by atoms with E-state index < -0.39 is 5.97 Å². The summed E-state index contributed by atoms with van der Waals surface area (Å²) in [6.45, 7) is 4.19. The fraction of sp³-hybridized carbons (Fsp3) is 0.533. The van der Waals surface area contributed by atoms with E-state index in [0.29, 0.717) is 6.04 Å². The van der Waals surface area contributed by atoms with E-state index in [-0.39, 0.29) is 5.92 Å². The zero-order chi connectivity index (χ0) is 13.1. The number of benzene rings is 1. The molecule has 2 rings (SSSR count). The van der Waals surface area contributed by atoms with E-state index in [0.717, 1.165) is 25.7 Å². The first-order valence-corrected chi connectivity index (χ1v) is 6.63. The number of hydrogen-bond donors (Lipinski definition) is 2. The van der Waals surface area contributed by atoms with Crippen LogP contribution < -0.4 is 5.32 Å². The van der Waals surface area contributed by atoms with Crippen LogP contribution in [0.15, 0.2) is 18.2 Å². The fourth-order valence-corrected chi connectivity index (χ4v) is 2.60. The van der Waals surface area contributed by atoms with Gasteiger partial charge < -0.3 is 10.4 Å². The van der Waals surface area contributed by atoms with Crippen molar-refractivity contribution in [3.05, 3.63) is 29.3 Å². The Morgan fingerprint density at radius 1 is 1.22 bits per heavy atom. The van der Waals surface area contributed by atoms with Crippen LogP contribution >= 0.6 is 0 Å². The molecule has 0 heterocycles. The first-order valence-electron chi connectivity index (χ1n) is 6.63. The molecule has 0 bridgehead atoms. The van der Waals surface area contributed by atoms with Crippen molar-refractivity contribution in [1.29, 1.82) is 0 Å². The van der Waals surface area contributed by atoms with Gasteiger partial charge in [-0.2, -0.15) is 0 Å². The highest BCUT2D eigenvalue weighted by atomic mass is 16.4. The van der Waals surface area contributed by atoms with E-state index in [1.807, 2.05) is 0 Å². The predicted molar refractivity (Wildman–Crippen MR) is 72.9 cm³/mol. The number of rotatable bonds is 3. The lowest BCUT2D eigenvalue weighted by Crippen LogP contribution is -2.29. The molecule has 1 aliphatic carbocycles. The van der Waals surface area contributed by atoms with Crippen LogP contribution in [0, 0.1) is 19.8 Å². The van der Waals surface area contributed by atoms with Crippen LogP contribution in [-0.4, -0.2) is 17.1 Å². The summed E-state index contributed by atoms with van der Waals surface area (Å²) in [7, 11) is 0. The van der Waals surface area contributed by atoms with Gasteiger partial charge in [-0.05, 0) is 56.7 Å². The molecule has 0 aromatic heterocycles. The maximum absolute atomic E-state index is 10.9. The smallest absolute Gasteiger partial charge is 0.306 e. The highest BCUT2D eigenvalue weighted by Crippen LogP contribution is 2.28. The zero-order valence-electron chi connectivity index (χ0n) is 11.1. The molecule has 1 saturated carbocycles. The van der Waals surface area contributed by atoms with Crippen LogP contribution in [0.1, 0.15) is 36.8 Å². The largest absolute Gasteiger partial charge is 0.481 e. The number of nitrogens with one attached hydrogen (secondary N) is 1. The summed E-state index contributed by atoms with van der Waals surface area (Å²) in [5.41, 5.74) is 3.69. The molecule has 98 valence electrons. The van der Waals surface area contributed by atoms with Crippen molar-refractivity contribution >= 4 is 11.7 Å². The normalized spacial score (nSPS) is 23.7. The summed E-state index contributed by atoms with van der Waals surface area (Å²) in [6, 6.07) is 6.82. The minimum absolute atomic E-state index is 0.137. The van der Waals surface area contributed by atoms with Gasteiger partial charge >= 0.3 is 5.97 Å². The van der Waals surface area contributed by atoms with Crippen LogP contribution in [0.25, 0.3) is 0 Å². The Bertz CT molecular complexity index is 434. The Morgan fingerprint density at radius 2 is 1.89 bits per heavy atom. The summed E-state index contributed by atoms with van der Waals surface area (Å²) < 4.78 is 0. The second-order valence-corrected chi connectivity index (χ2v) is 5.35. The quantitative estimate of drug-likeness (QED) is 0.861. The third-order valence-corrected chi connectivity index (χ3v) is 3.83. The van der Waals surface area contributed by atoms with E-state index in [4.69, 9.17) is 5.11 Å². The Hall–Kier alpha value is -1.51. The summed E-state index contributed by atoms with van der Waals surface area (Å²) in [4.78, 5) is 10.9. The van der Waals surface area contributed by atoms with Crippen molar-refractivity contribution in [1.82, 2.24) is 0 Å². The molecule has 0 saturated heterocycles. The number of anilines is 1. The van der Waals surface area contributed by atoms with Gasteiger partial charge in [-0.1, -0.05) is 12.1 Å². The number of carbonyl (C=O) groups is 1. The van der Waals surface area contributed by atoms with Gasteiger partial charge in [0.25, 0.3) is 0 Å². The van der Waals surface area contributed by atoms with Crippen molar-refractivity contribution in [2.45, 2.75) is 45.6 Å². The number of carboxylic acid groups (broad SMARTS) is 1. The molecule has 1 aliphatic rings. The van der Waals surface area contributed by atoms with Crippen LogP contribution in [0.4, 0.5) is 5.69 Å². The summed E-state index contributed by atoms with van der Waals surface area (Å²) in [5.74, 6) is -0.776. The van der Waals surface area contributed by atoms with Gasteiger partial charge in [-0.25, -0.2) is 0 Å². The molecule has 3 nitrogen and oxygen atoms in total. The monoisotopic (exact) mass is 247 g/mol. The van der Waals surface area contributed by atoms with Crippen LogP contribution in [0.2, 0.25) is 0 Å². The first-order chi connectivity index (χ1) is 8.56. The van der Waals surface area contributed by atoms with Crippen molar-refractivity contribution in [2.75, 3.05) is 5.32 Å². The zero-order valence-corrected chi connectivity index (χ0v) is 11.1. The van der Waals surface area contributed by atoms with Gasteiger partial charge in [0, 0.05) is 11.7 Å². The molecule has 0 unspecified atom stereocenters. The number of carboxylic acids is 1. The average molecular weight is 247 g/mol. The lowest BCUT2D eigenvalue weighted by molar-refractivity contribution is -0.142. The molecule has 1 aromatic rings. The fourth-order valence-electron chi connectivity index (χ4n) is 2.60. The van der Waals surface area contributed by atoms with Crippen molar-refractivity contribution in [3.8, 4) is 0 Å². The molecule has 0 radical (unpaired) electrons. The second kappa shape index (κ2) is 5.42. The molecule has 0 amide bonds. The molecule has 3 heteroatoms. The van der Waals surface area contributed by atoms with Gasteiger partial charge in [-0.15, -0.1) is 0 Å². The molecule has 0 aliphatic heterocycles. The van der Waals surface area contributed by atoms with Crippen molar-refractivity contribution in [2.24, 2.45) is 5.92 Å². The Labute approximate surface area is 108 Å². The standard InChI is InChI=1S/C15H21NO2/c1-10-3-4-11(2)14(9-10)16-13-7-5-12(6-8-13)15(17)18/h3-4,9,12-13,16H,5-8H2,1-2H3,(H,17,18). The molecule has 0 spiro atoms. The van der Waals surface area contributed by atoms with E-state index >= 15 is 0 Å². The van der Waals surface area contributed by atoms with Crippen molar-refractivity contribution < 1.29 is 9.90 Å². The van der Waals surface area contributed by atoms with Gasteiger partial charge in [0.1, 0.15) is 0 Å². The molecule has 0 atom stereocenters. The van der Waals surface area contributed by atoms with Crippen LogP contribution in [0.3, 0.4) is 0 Å². The Kier molecular flexibility index (Phi) is 3.90. The number of aryl methyl sites for hydroxylation is 2. The van der Waals surface area contributed by atoms with Gasteiger partial charge in [0.05, 0.1) is 5.92 Å². The highest BCUT2D eigenvalue weighted by Gasteiger charge is 2.25. The van der Waals surface area contributed by atoms with E-state index in [1.165, 1.54) is 16.8 Å². The second-order valence-electron chi connectivity index (χ2n) is 5.35. The number of hydrogen-bond acceptors (Lipinski definition) is 2. The average Bonchev–Trinajstić information content (AvgIpc) is 2.34. The molecular formula is C15H21NO2. The lowest BCUT2D eigenvalue weighted by Gasteiger charge is -2.28. The Balaban J connectivity index is 1.95. The summed E-state index contributed by atoms with van der Waals surface area (Å²) in [5, 5.41) is 12.5. The van der Waals surface area contributed by atoms with E-state index in [1.54, 1.807) is 0 Å². The minimum Gasteiger partial charge on any atom is -0.481 e. The Morgan fingerprint density at radius 3 is 2.50 bits per heavy atom. The third kappa shape index (κ3) is 3.03. The van der Waals surface area contributed by atoms with E-state index in [2.05, 4.69) is 37.4 Å². The predicted octanol–water partition coefficient (Wildman–Crippen LogP) is 3.36. The molecule has 18 heavy (non-hydrogen) atoms. The summed E-state index contributed by atoms with van der Waals surface area (Å²) in [6.07, 6.45) is 3.48. The maximum Gasteiger partial charge on any atom is 0.306 e. The molecule has 1 fully saturated rings. The summed E-state index contributed by atoms with van der Waals surface area (Å²) >= 11 is 0. The highest BCUT2D eigenvalue weighted by molar-refractivity contribution is 5.70. The topological polar surface area (TPSA) is 49.3 Å². The minimum atomic E-state index is -0.639.